The van der Waals surface area contributed by atoms with Gasteiger partial charge >= 0.3 is 0 Å². The van der Waals surface area contributed by atoms with Gasteiger partial charge in [0.15, 0.2) is 5.82 Å². The smallest absolute Gasteiger partial charge is 0.270 e. The number of benzene rings is 2. The Labute approximate surface area is 186 Å². The normalized spacial score (nSPS) is 13.8. The minimum atomic E-state index is -0.490. The molecule has 8 heteroatoms. The Balaban J connectivity index is 1.42. The first-order valence-corrected chi connectivity index (χ1v) is 10.5. The SMILES string of the molecule is Cc1cc(C)c(-c2ccc(N3CCN(C(=O)c4cccc([N+](=O)[O-])c4)CC3)nn2)cc1C. The van der Waals surface area contributed by atoms with Crippen molar-refractivity contribution >= 4 is 17.4 Å². The lowest BCUT2D eigenvalue weighted by Gasteiger charge is -2.35. The summed E-state index contributed by atoms with van der Waals surface area (Å²) in [6.07, 6.45) is 0. The monoisotopic (exact) mass is 431 g/mol. The van der Waals surface area contributed by atoms with Crippen LogP contribution in [-0.2, 0) is 0 Å². The molecule has 1 aliphatic rings. The van der Waals surface area contributed by atoms with Crippen molar-refractivity contribution in [3.05, 3.63) is 80.9 Å². The summed E-state index contributed by atoms with van der Waals surface area (Å²) < 4.78 is 0. The van der Waals surface area contributed by atoms with E-state index in [9.17, 15) is 14.9 Å². The summed E-state index contributed by atoms with van der Waals surface area (Å²) in [5.74, 6) is 0.581. The summed E-state index contributed by atoms with van der Waals surface area (Å²) in [6.45, 7) is 8.55. The van der Waals surface area contributed by atoms with Gasteiger partial charge in [-0.1, -0.05) is 12.1 Å². The first kappa shape index (κ1) is 21.4. The number of amides is 1. The van der Waals surface area contributed by atoms with Crippen LogP contribution in [-0.4, -0.2) is 52.1 Å². The molecule has 32 heavy (non-hydrogen) atoms. The van der Waals surface area contributed by atoms with Crippen LogP contribution in [0.25, 0.3) is 11.3 Å². The number of anilines is 1. The highest BCUT2D eigenvalue weighted by Crippen LogP contribution is 2.26. The number of carbonyl (C=O) groups is 1. The predicted molar refractivity (Wildman–Crippen MR) is 123 cm³/mol. The van der Waals surface area contributed by atoms with E-state index >= 15 is 0 Å². The first-order chi connectivity index (χ1) is 15.3. The van der Waals surface area contributed by atoms with E-state index in [1.54, 1.807) is 11.0 Å². The molecule has 2 aromatic carbocycles. The van der Waals surface area contributed by atoms with Crippen molar-refractivity contribution in [3.8, 4) is 11.3 Å². The number of nitrogens with zero attached hydrogens (tertiary/aromatic N) is 5. The third-order valence-electron chi connectivity index (χ3n) is 5.96. The van der Waals surface area contributed by atoms with Crippen molar-refractivity contribution in [3.63, 3.8) is 0 Å². The van der Waals surface area contributed by atoms with Crippen LogP contribution in [0.2, 0.25) is 0 Å². The van der Waals surface area contributed by atoms with Crippen LogP contribution in [0, 0.1) is 30.9 Å². The van der Waals surface area contributed by atoms with E-state index < -0.39 is 4.92 Å². The van der Waals surface area contributed by atoms with Crippen LogP contribution < -0.4 is 4.90 Å². The molecule has 0 aliphatic carbocycles. The predicted octanol–water partition coefficient (Wildman–Crippen LogP) is 3.94. The molecule has 0 radical (unpaired) electrons. The van der Waals surface area contributed by atoms with Gasteiger partial charge in [-0.25, -0.2) is 0 Å². The van der Waals surface area contributed by atoms with Crippen molar-refractivity contribution in [2.45, 2.75) is 20.8 Å². The molecule has 0 spiro atoms. The third kappa shape index (κ3) is 4.30. The minimum Gasteiger partial charge on any atom is -0.352 e. The molecule has 2 heterocycles. The lowest BCUT2D eigenvalue weighted by molar-refractivity contribution is -0.384. The zero-order valence-electron chi connectivity index (χ0n) is 18.4. The summed E-state index contributed by atoms with van der Waals surface area (Å²) in [7, 11) is 0. The molecule has 3 aromatic rings. The Kier molecular flexibility index (Phi) is 5.85. The molecular weight excluding hydrogens is 406 g/mol. The molecular formula is C24H25N5O3. The van der Waals surface area contributed by atoms with Gasteiger partial charge in [0.05, 0.1) is 10.6 Å². The summed E-state index contributed by atoms with van der Waals surface area (Å²) >= 11 is 0. The fourth-order valence-electron chi connectivity index (χ4n) is 3.95. The maximum atomic E-state index is 12.8. The van der Waals surface area contributed by atoms with Gasteiger partial charge in [0.1, 0.15) is 0 Å². The lowest BCUT2D eigenvalue weighted by Crippen LogP contribution is -2.49. The standard InChI is InChI=1S/C24H25N5O3/c1-16-13-18(3)21(14-17(16)2)22-7-8-23(26-25-22)27-9-11-28(12-10-27)24(30)19-5-4-6-20(15-19)29(31)32/h4-8,13-15H,9-12H2,1-3H3. The number of nitro groups is 1. The van der Waals surface area contributed by atoms with Crippen molar-refractivity contribution in [2.24, 2.45) is 0 Å². The van der Waals surface area contributed by atoms with Crippen LogP contribution in [0.3, 0.4) is 0 Å². The molecule has 1 aliphatic heterocycles. The van der Waals surface area contributed by atoms with E-state index in [0.717, 1.165) is 17.1 Å². The lowest BCUT2D eigenvalue weighted by atomic mass is 9.99. The number of nitro benzene ring substituents is 1. The molecule has 164 valence electrons. The summed E-state index contributed by atoms with van der Waals surface area (Å²) in [5, 5.41) is 19.9. The Morgan fingerprint density at radius 3 is 2.28 bits per heavy atom. The molecule has 1 amide bonds. The second kappa shape index (κ2) is 8.74. The van der Waals surface area contributed by atoms with Gasteiger partial charge in [0, 0.05) is 49.4 Å². The van der Waals surface area contributed by atoms with Gasteiger partial charge in [-0.05, 0) is 61.7 Å². The van der Waals surface area contributed by atoms with E-state index in [4.69, 9.17) is 0 Å². The molecule has 0 saturated carbocycles. The topological polar surface area (TPSA) is 92.5 Å². The fourth-order valence-corrected chi connectivity index (χ4v) is 3.95. The van der Waals surface area contributed by atoms with Gasteiger partial charge in [0.2, 0.25) is 0 Å². The van der Waals surface area contributed by atoms with Crippen LogP contribution in [0.5, 0.6) is 0 Å². The number of aryl methyl sites for hydroxylation is 3. The Hall–Kier alpha value is -3.81. The minimum absolute atomic E-state index is 0.0798. The van der Waals surface area contributed by atoms with Gasteiger partial charge in [-0.2, -0.15) is 0 Å². The number of carbonyl (C=O) groups excluding carboxylic acids is 1. The average Bonchev–Trinajstić information content (AvgIpc) is 2.81. The highest BCUT2D eigenvalue weighted by Gasteiger charge is 2.24. The summed E-state index contributed by atoms with van der Waals surface area (Å²) in [5.41, 5.74) is 5.83. The number of aromatic nitrogens is 2. The zero-order valence-corrected chi connectivity index (χ0v) is 18.4. The van der Waals surface area contributed by atoms with Crippen molar-refractivity contribution in [2.75, 3.05) is 31.1 Å². The third-order valence-corrected chi connectivity index (χ3v) is 5.96. The number of non-ortho nitro benzene ring substituents is 1. The number of piperazine rings is 1. The Bertz CT molecular complexity index is 1170. The molecule has 0 atom stereocenters. The molecule has 0 bridgehead atoms. The molecule has 0 unspecified atom stereocenters. The van der Waals surface area contributed by atoms with Crippen molar-refractivity contribution < 1.29 is 9.72 Å². The van der Waals surface area contributed by atoms with Crippen molar-refractivity contribution in [1.82, 2.24) is 15.1 Å². The zero-order chi connectivity index (χ0) is 22.8. The van der Waals surface area contributed by atoms with Gasteiger partial charge in [-0.15, -0.1) is 10.2 Å². The van der Waals surface area contributed by atoms with E-state index in [1.165, 1.54) is 34.9 Å². The first-order valence-electron chi connectivity index (χ1n) is 10.5. The van der Waals surface area contributed by atoms with E-state index in [0.29, 0.717) is 31.7 Å². The van der Waals surface area contributed by atoms with Gasteiger partial charge in [0.25, 0.3) is 11.6 Å². The van der Waals surface area contributed by atoms with E-state index in [2.05, 4.69) is 48.0 Å². The van der Waals surface area contributed by atoms with Gasteiger partial charge in [-0.3, -0.25) is 14.9 Å². The molecule has 1 fully saturated rings. The van der Waals surface area contributed by atoms with E-state index in [-0.39, 0.29) is 11.6 Å². The van der Waals surface area contributed by atoms with Crippen LogP contribution >= 0.6 is 0 Å². The largest absolute Gasteiger partial charge is 0.352 e. The van der Waals surface area contributed by atoms with Crippen LogP contribution in [0.4, 0.5) is 11.5 Å². The maximum absolute atomic E-state index is 12.8. The maximum Gasteiger partial charge on any atom is 0.270 e. The summed E-state index contributed by atoms with van der Waals surface area (Å²) in [4.78, 5) is 27.1. The number of hydrogen-bond donors (Lipinski definition) is 0. The highest BCUT2D eigenvalue weighted by atomic mass is 16.6. The molecule has 0 N–H and O–H groups in total. The van der Waals surface area contributed by atoms with Crippen LogP contribution in [0.15, 0.2) is 48.5 Å². The average molecular weight is 431 g/mol. The molecule has 4 rings (SSSR count). The molecule has 1 aromatic heterocycles. The second-order valence-electron chi connectivity index (χ2n) is 8.11. The Morgan fingerprint density at radius 2 is 1.62 bits per heavy atom. The second-order valence-corrected chi connectivity index (χ2v) is 8.11. The molecule has 8 nitrogen and oxygen atoms in total. The Morgan fingerprint density at radius 1 is 0.906 bits per heavy atom. The molecule has 1 saturated heterocycles. The van der Waals surface area contributed by atoms with Crippen molar-refractivity contribution in [1.29, 1.82) is 0 Å². The van der Waals surface area contributed by atoms with E-state index in [1.807, 2.05) is 12.1 Å². The number of rotatable bonds is 4. The van der Waals surface area contributed by atoms with Crippen LogP contribution in [0.1, 0.15) is 27.0 Å². The summed E-state index contributed by atoms with van der Waals surface area (Å²) in [6, 6.07) is 14.1. The highest BCUT2D eigenvalue weighted by molar-refractivity contribution is 5.95. The van der Waals surface area contributed by atoms with Gasteiger partial charge < -0.3 is 9.80 Å². The quantitative estimate of drug-likeness (QED) is 0.459. The number of hydrogen-bond acceptors (Lipinski definition) is 6. The fraction of sp³-hybridized carbons (Fsp3) is 0.292.